The number of nitrogens with zero attached hydrogens (tertiary/aromatic N) is 1. The Bertz CT molecular complexity index is 656. The molecule has 0 aliphatic rings. The molecular formula is C14H14N2O4. The Morgan fingerprint density at radius 3 is 2.50 bits per heavy atom. The number of carbonyl (C=O) groups is 1. The van der Waals surface area contributed by atoms with Crippen molar-refractivity contribution in [3.8, 4) is 22.6 Å². The molecule has 0 unspecified atom stereocenters. The van der Waals surface area contributed by atoms with Gasteiger partial charge in [0.15, 0.2) is 11.5 Å². The summed E-state index contributed by atoms with van der Waals surface area (Å²) in [6.07, 6.45) is 1.43. The summed E-state index contributed by atoms with van der Waals surface area (Å²) >= 11 is 0. The van der Waals surface area contributed by atoms with Crippen LogP contribution in [0.25, 0.3) is 11.1 Å². The largest absolute Gasteiger partial charge is 0.493 e. The van der Waals surface area contributed by atoms with E-state index < -0.39 is 5.97 Å². The van der Waals surface area contributed by atoms with Gasteiger partial charge in [-0.3, -0.25) is 0 Å². The Labute approximate surface area is 115 Å². The molecule has 6 heteroatoms. The highest BCUT2D eigenvalue weighted by molar-refractivity contribution is 5.96. The minimum Gasteiger partial charge on any atom is -0.493 e. The molecule has 0 radical (unpaired) electrons. The molecule has 0 saturated carbocycles. The van der Waals surface area contributed by atoms with E-state index in [0.717, 1.165) is 0 Å². The van der Waals surface area contributed by atoms with Crippen LogP contribution in [0.5, 0.6) is 11.5 Å². The van der Waals surface area contributed by atoms with E-state index in [0.29, 0.717) is 22.6 Å². The van der Waals surface area contributed by atoms with E-state index >= 15 is 0 Å². The molecule has 1 aromatic carbocycles. The van der Waals surface area contributed by atoms with E-state index in [1.165, 1.54) is 26.5 Å². The van der Waals surface area contributed by atoms with Gasteiger partial charge in [0.2, 0.25) is 0 Å². The topological polar surface area (TPSA) is 94.7 Å². The minimum atomic E-state index is -1.07. The number of pyridine rings is 1. The Hall–Kier alpha value is -2.76. The maximum Gasteiger partial charge on any atom is 0.336 e. The summed E-state index contributed by atoms with van der Waals surface area (Å²) in [5, 5.41) is 9.24. The molecule has 2 rings (SSSR count). The van der Waals surface area contributed by atoms with E-state index in [1.807, 2.05) is 0 Å². The highest BCUT2D eigenvalue weighted by Gasteiger charge is 2.15. The molecule has 0 fully saturated rings. The second-order valence-electron chi connectivity index (χ2n) is 4.03. The number of anilines is 1. The van der Waals surface area contributed by atoms with Gasteiger partial charge in [-0.25, -0.2) is 9.78 Å². The number of ether oxygens (including phenoxy) is 2. The van der Waals surface area contributed by atoms with Gasteiger partial charge in [-0.15, -0.1) is 0 Å². The van der Waals surface area contributed by atoms with Crippen molar-refractivity contribution in [3.63, 3.8) is 0 Å². The number of hydrogen-bond acceptors (Lipinski definition) is 5. The summed E-state index contributed by atoms with van der Waals surface area (Å²) in [7, 11) is 3.05. The number of carboxylic acid groups (broad SMARTS) is 1. The van der Waals surface area contributed by atoms with E-state index in [4.69, 9.17) is 15.2 Å². The van der Waals surface area contributed by atoms with Gasteiger partial charge >= 0.3 is 5.97 Å². The first-order chi connectivity index (χ1) is 9.56. The van der Waals surface area contributed by atoms with Crippen LogP contribution in [0.1, 0.15) is 10.4 Å². The zero-order valence-electron chi connectivity index (χ0n) is 11.1. The Morgan fingerprint density at radius 1 is 1.20 bits per heavy atom. The predicted octanol–water partition coefficient (Wildman–Crippen LogP) is 2.05. The average molecular weight is 274 g/mol. The number of rotatable bonds is 4. The van der Waals surface area contributed by atoms with E-state index in [1.54, 1.807) is 18.2 Å². The molecule has 0 aliphatic carbocycles. The summed E-state index contributed by atoms with van der Waals surface area (Å²) in [5.41, 5.74) is 6.74. The lowest BCUT2D eigenvalue weighted by molar-refractivity contribution is 0.0697. The van der Waals surface area contributed by atoms with Crippen LogP contribution >= 0.6 is 0 Å². The standard InChI is InChI=1S/C14H14N2O4/c1-19-11-4-3-8(5-12(11)20-2)10-7-16-13(15)6-9(10)14(17)18/h3-7H,1-2H3,(H2,15,16)(H,17,18). The maximum absolute atomic E-state index is 11.3. The van der Waals surface area contributed by atoms with Crippen LogP contribution in [0.15, 0.2) is 30.5 Å². The van der Waals surface area contributed by atoms with Crippen LogP contribution in [0.4, 0.5) is 5.82 Å². The van der Waals surface area contributed by atoms with Crippen LogP contribution in [-0.2, 0) is 0 Å². The first-order valence-electron chi connectivity index (χ1n) is 5.78. The SMILES string of the molecule is COc1ccc(-c2cnc(N)cc2C(=O)O)cc1OC. The molecule has 0 bridgehead atoms. The lowest BCUT2D eigenvalue weighted by Crippen LogP contribution is -2.03. The van der Waals surface area contributed by atoms with Crippen molar-refractivity contribution < 1.29 is 19.4 Å². The van der Waals surface area contributed by atoms with Crippen LogP contribution in [-0.4, -0.2) is 30.3 Å². The molecule has 1 aromatic heterocycles. The van der Waals surface area contributed by atoms with E-state index in [2.05, 4.69) is 4.98 Å². The van der Waals surface area contributed by atoms with Crippen LogP contribution in [0, 0.1) is 0 Å². The van der Waals surface area contributed by atoms with Crippen molar-refractivity contribution in [3.05, 3.63) is 36.0 Å². The number of nitrogen functional groups attached to an aromatic ring is 1. The fourth-order valence-electron chi connectivity index (χ4n) is 1.88. The third kappa shape index (κ3) is 2.49. The first kappa shape index (κ1) is 13.7. The molecule has 0 aliphatic heterocycles. The van der Waals surface area contributed by atoms with Gasteiger partial charge in [-0.05, 0) is 23.8 Å². The van der Waals surface area contributed by atoms with Gasteiger partial charge in [0.1, 0.15) is 5.82 Å². The van der Waals surface area contributed by atoms with Crippen molar-refractivity contribution in [2.24, 2.45) is 0 Å². The van der Waals surface area contributed by atoms with Crippen molar-refractivity contribution in [2.45, 2.75) is 0 Å². The maximum atomic E-state index is 11.3. The summed E-state index contributed by atoms with van der Waals surface area (Å²) < 4.78 is 10.4. The molecule has 6 nitrogen and oxygen atoms in total. The molecule has 0 atom stereocenters. The first-order valence-corrected chi connectivity index (χ1v) is 5.78. The van der Waals surface area contributed by atoms with Crippen molar-refractivity contribution in [2.75, 3.05) is 20.0 Å². The number of benzene rings is 1. The Morgan fingerprint density at radius 2 is 1.90 bits per heavy atom. The molecule has 2 aromatic rings. The van der Waals surface area contributed by atoms with E-state index in [-0.39, 0.29) is 11.4 Å². The van der Waals surface area contributed by atoms with Crippen molar-refractivity contribution in [1.29, 1.82) is 0 Å². The zero-order valence-corrected chi connectivity index (χ0v) is 11.1. The fraction of sp³-hybridized carbons (Fsp3) is 0.143. The number of nitrogens with two attached hydrogens (primary N) is 1. The van der Waals surface area contributed by atoms with Gasteiger partial charge in [0, 0.05) is 11.8 Å². The van der Waals surface area contributed by atoms with Gasteiger partial charge in [0.05, 0.1) is 19.8 Å². The molecule has 104 valence electrons. The van der Waals surface area contributed by atoms with E-state index in [9.17, 15) is 9.90 Å². The second-order valence-corrected chi connectivity index (χ2v) is 4.03. The third-order valence-corrected chi connectivity index (χ3v) is 2.85. The Kier molecular flexibility index (Phi) is 3.74. The predicted molar refractivity (Wildman–Crippen MR) is 74.1 cm³/mol. The molecule has 3 N–H and O–H groups in total. The van der Waals surface area contributed by atoms with Gasteiger partial charge < -0.3 is 20.3 Å². The third-order valence-electron chi connectivity index (χ3n) is 2.85. The number of aromatic nitrogens is 1. The van der Waals surface area contributed by atoms with Gasteiger partial charge in [-0.2, -0.15) is 0 Å². The normalized spacial score (nSPS) is 10.1. The summed E-state index contributed by atoms with van der Waals surface area (Å²) in [6, 6.07) is 6.46. The fourth-order valence-corrected chi connectivity index (χ4v) is 1.88. The Balaban J connectivity index is 2.59. The van der Waals surface area contributed by atoms with Gasteiger partial charge in [0.25, 0.3) is 0 Å². The summed E-state index contributed by atoms with van der Waals surface area (Å²) in [5.74, 6) is 0.171. The number of carboxylic acids is 1. The molecule has 0 spiro atoms. The van der Waals surface area contributed by atoms with Crippen LogP contribution in [0.3, 0.4) is 0 Å². The summed E-state index contributed by atoms with van der Waals surface area (Å²) in [4.78, 5) is 15.2. The monoisotopic (exact) mass is 274 g/mol. The van der Waals surface area contributed by atoms with Gasteiger partial charge in [-0.1, -0.05) is 6.07 Å². The molecule has 0 saturated heterocycles. The van der Waals surface area contributed by atoms with Crippen LogP contribution < -0.4 is 15.2 Å². The molecule has 1 heterocycles. The highest BCUT2D eigenvalue weighted by atomic mass is 16.5. The number of aromatic carboxylic acids is 1. The smallest absolute Gasteiger partial charge is 0.336 e. The quantitative estimate of drug-likeness (QED) is 0.886. The molecular weight excluding hydrogens is 260 g/mol. The van der Waals surface area contributed by atoms with Crippen molar-refractivity contribution >= 4 is 11.8 Å². The lowest BCUT2D eigenvalue weighted by Gasteiger charge is -2.11. The summed E-state index contributed by atoms with van der Waals surface area (Å²) in [6.45, 7) is 0. The molecule has 20 heavy (non-hydrogen) atoms. The van der Waals surface area contributed by atoms with Crippen molar-refractivity contribution in [1.82, 2.24) is 4.98 Å². The minimum absolute atomic E-state index is 0.0877. The number of methoxy groups -OCH3 is 2. The number of hydrogen-bond donors (Lipinski definition) is 2. The lowest BCUT2D eigenvalue weighted by atomic mass is 10.0. The highest BCUT2D eigenvalue weighted by Crippen LogP contribution is 2.33. The molecule has 0 amide bonds. The van der Waals surface area contributed by atoms with Crippen LogP contribution in [0.2, 0.25) is 0 Å². The average Bonchev–Trinajstić information content (AvgIpc) is 2.46. The second kappa shape index (κ2) is 5.48. The zero-order chi connectivity index (χ0) is 14.7.